The van der Waals surface area contributed by atoms with Crippen LogP contribution in [0.1, 0.15) is 116 Å². The molecule has 9 heteroatoms. The maximum atomic E-state index is 6.71. The minimum atomic E-state index is 0.359. The number of nitrogens with one attached hydrogen (secondary N) is 3. The SMILES string of the molecule is C=N/C(=C\C(N)=C1/CCCC(Cc2ccccc2)N1)SNC(=C)c1ccc(N2CCC3(CC2)CC(N2CCC[C@@H]2c2ccccc2C2CC2)C3)cc1Cc1cnc2[nH]ccc2c1. The molecule has 320 valence electrons. The van der Waals surface area contributed by atoms with Gasteiger partial charge in [0, 0.05) is 83.6 Å². The number of rotatable bonds is 14. The summed E-state index contributed by atoms with van der Waals surface area (Å²) in [7, 11) is 0. The van der Waals surface area contributed by atoms with Gasteiger partial charge in [-0.25, -0.2) is 4.98 Å². The third-order valence-electron chi connectivity index (χ3n) is 14.7. The van der Waals surface area contributed by atoms with Gasteiger partial charge in [-0.05, 0) is 166 Å². The molecule has 3 aliphatic heterocycles. The molecule has 10 rings (SSSR count). The number of hydrogen-bond donors (Lipinski definition) is 4. The number of likely N-dealkylation sites (tertiary alicyclic amines) is 1. The first kappa shape index (κ1) is 40.8. The highest BCUT2D eigenvalue weighted by Crippen LogP contribution is 2.55. The van der Waals surface area contributed by atoms with Crippen LogP contribution in [0.25, 0.3) is 16.7 Å². The molecule has 2 saturated carbocycles. The molecular formula is C53H62N8S. The van der Waals surface area contributed by atoms with Crippen molar-refractivity contribution in [2.45, 2.75) is 108 Å². The summed E-state index contributed by atoms with van der Waals surface area (Å²) < 4.78 is 3.51. The van der Waals surface area contributed by atoms with E-state index in [1.807, 2.05) is 18.5 Å². The van der Waals surface area contributed by atoms with E-state index in [9.17, 15) is 0 Å². The van der Waals surface area contributed by atoms with Crippen LogP contribution in [0.2, 0.25) is 0 Å². The van der Waals surface area contributed by atoms with Crippen molar-refractivity contribution in [1.29, 1.82) is 0 Å². The second-order valence-corrected chi connectivity index (χ2v) is 19.6. The Bertz CT molecular complexity index is 2470. The molecule has 5 aromatic rings. The highest BCUT2D eigenvalue weighted by molar-refractivity contribution is 8.01. The van der Waals surface area contributed by atoms with Crippen molar-refractivity contribution >= 4 is 41.1 Å². The van der Waals surface area contributed by atoms with E-state index in [0.717, 1.165) is 85.1 Å². The van der Waals surface area contributed by atoms with Gasteiger partial charge in [0.25, 0.3) is 0 Å². The first-order chi connectivity index (χ1) is 30.4. The predicted octanol–water partition coefficient (Wildman–Crippen LogP) is 10.9. The first-order valence-electron chi connectivity index (χ1n) is 23.1. The van der Waals surface area contributed by atoms with Crippen molar-refractivity contribution < 1.29 is 0 Å². The van der Waals surface area contributed by atoms with Crippen LogP contribution in [0.15, 0.2) is 131 Å². The number of pyridine rings is 1. The van der Waals surface area contributed by atoms with E-state index in [1.165, 1.54) is 92.2 Å². The van der Waals surface area contributed by atoms with Crippen molar-refractivity contribution in [2.24, 2.45) is 16.1 Å². The monoisotopic (exact) mass is 842 g/mol. The molecular weight excluding hydrogens is 781 g/mol. The van der Waals surface area contributed by atoms with Crippen molar-refractivity contribution in [3.63, 3.8) is 0 Å². The number of aliphatic imine (C=N–C) groups is 1. The first-order valence-corrected chi connectivity index (χ1v) is 24.0. The average Bonchev–Trinajstić information content (AvgIpc) is 3.84. The van der Waals surface area contributed by atoms with E-state index >= 15 is 0 Å². The van der Waals surface area contributed by atoms with Crippen LogP contribution >= 0.6 is 11.9 Å². The Hall–Kier alpha value is -5.25. The van der Waals surface area contributed by atoms with E-state index in [0.29, 0.717) is 28.2 Å². The number of benzene rings is 3. The van der Waals surface area contributed by atoms with E-state index in [-0.39, 0.29) is 0 Å². The van der Waals surface area contributed by atoms with Crippen LogP contribution in [0, 0.1) is 5.41 Å². The van der Waals surface area contributed by atoms with Crippen LogP contribution in [0.5, 0.6) is 0 Å². The molecule has 1 unspecified atom stereocenters. The second kappa shape index (κ2) is 17.9. The molecule has 1 spiro atoms. The molecule has 2 aromatic heterocycles. The van der Waals surface area contributed by atoms with Gasteiger partial charge in [0.05, 0.1) is 5.70 Å². The summed E-state index contributed by atoms with van der Waals surface area (Å²) in [5, 5.41) is 5.54. The quantitative estimate of drug-likeness (QED) is 0.0653. The lowest BCUT2D eigenvalue weighted by Crippen LogP contribution is -2.54. The van der Waals surface area contributed by atoms with E-state index in [2.05, 4.69) is 128 Å². The smallest absolute Gasteiger partial charge is 0.137 e. The standard InChI is InChI=1S/C53H62N8S/c1-36(59-62-51(55-2)32-48(54)49-15-8-12-42(58-49)30-37-10-4-3-5-11-37)45-20-19-43(31-41(45)29-38-28-40-21-24-56-52(40)57-35-38)60-26-22-53(23-27-60)33-44(34-53)61-25-9-16-50(61)47-14-7-6-13-46(47)39-17-18-39/h3-7,10-11,13-14,19-21,24,28,31-32,35,39,42,44,50,58-59H,1-2,8-9,12,15-18,22-23,25-27,29-30,33-34,54H2,(H,56,57)/b49-48-,51-32+/t42?,50-/m1/s1. The zero-order valence-electron chi connectivity index (χ0n) is 36.1. The predicted molar refractivity (Wildman–Crippen MR) is 259 cm³/mol. The van der Waals surface area contributed by atoms with Crippen molar-refractivity contribution in [3.05, 3.63) is 160 Å². The van der Waals surface area contributed by atoms with Gasteiger partial charge in [0.15, 0.2) is 0 Å². The number of aromatic nitrogens is 2. The number of nitrogens with zero attached hydrogens (tertiary/aromatic N) is 4. The summed E-state index contributed by atoms with van der Waals surface area (Å²) in [6.07, 6.45) is 21.4. The molecule has 3 saturated heterocycles. The van der Waals surface area contributed by atoms with Crippen LogP contribution in [-0.2, 0) is 12.8 Å². The lowest BCUT2D eigenvalue weighted by molar-refractivity contribution is -0.0227. The van der Waals surface area contributed by atoms with E-state index in [1.54, 1.807) is 11.1 Å². The Labute approximate surface area is 372 Å². The molecule has 5 fully saturated rings. The van der Waals surface area contributed by atoms with Gasteiger partial charge >= 0.3 is 0 Å². The summed E-state index contributed by atoms with van der Waals surface area (Å²) in [6.45, 7) is 11.9. The van der Waals surface area contributed by atoms with Crippen LogP contribution < -0.4 is 20.7 Å². The Balaban J connectivity index is 0.808. The number of aromatic amines is 1. The van der Waals surface area contributed by atoms with Gasteiger partial charge in [-0.3, -0.25) is 9.89 Å². The molecule has 0 amide bonds. The molecule has 5 aliphatic rings. The Morgan fingerprint density at radius 3 is 2.53 bits per heavy atom. The maximum Gasteiger partial charge on any atom is 0.137 e. The zero-order chi connectivity index (χ0) is 42.0. The number of piperidine rings is 2. The van der Waals surface area contributed by atoms with Gasteiger partial charge in [0.1, 0.15) is 10.7 Å². The number of anilines is 1. The lowest BCUT2D eigenvalue weighted by Gasteiger charge is -2.56. The molecule has 3 aromatic carbocycles. The van der Waals surface area contributed by atoms with Gasteiger partial charge in [-0.1, -0.05) is 67.2 Å². The summed E-state index contributed by atoms with van der Waals surface area (Å²) in [4.78, 5) is 17.9. The zero-order valence-corrected chi connectivity index (χ0v) is 36.9. The van der Waals surface area contributed by atoms with E-state index in [4.69, 9.17) is 10.7 Å². The summed E-state index contributed by atoms with van der Waals surface area (Å²) >= 11 is 1.40. The number of nitrogens with two attached hydrogens (primary N) is 1. The molecule has 8 nitrogen and oxygen atoms in total. The molecule has 2 atom stereocenters. The van der Waals surface area contributed by atoms with Crippen molar-refractivity contribution in [3.8, 4) is 0 Å². The fraction of sp³-hybridized carbons (Fsp3) is 0.396. The molecule has 5 heterocycles. The van der Waals surface area contributed by atoms with Crippen LogP contribution in [-0.4, -0.2) is 53.3 Å². The van der Waals surface area contributed by atoms with Gasteiger partial charge in [-0.15, -0.1) is 0 Å². The molecule has 5 N–H and O–H groups in total. The molecule has 0 radical (unpaired) electrons. The number of H-pyrrole nitrogens is 1. The Morgan fingerprint density at radius 2 is 1.73 bits per heavy atom. The van der Waals surface area contributed by atoms with E-state index < -0.39 is 0 Å². The summed E-state index contributed by atoms with van der Waals surface area (Å²) in [5.41, 5.74) is 20.1. The fourth-order valence-corrected chi connectivity index (χ4v) is 11.8. The summed E-state index contributed by atoms with van der Waals surface area (Å²) in [6, 6.07) is 33.1. The maximum absolute atomic E-state index is 6.71. The molecule has 62 heavy (non-hydrogen) atoms. The lowest BCUT2D eigenvalue weighted by atomic mass is 9.59. The number of allylic oxidation sites excluding steroid dienone is 2. The number of fused-ring (bicyclic) bond motifs is 1. The number of hydrogen-bond acceptors (Lipinski definition) is 8. The fourth-order valence-electron chi connectivity index (χ4n) is 11.2. The van der Waals surface area contributed by atoms with Gasteiger partial charge in [0.2, 0.25) is 0 Å². The van der Waals surface area contributed by atoms with Gasteiger partial charge < -0.3 is 25.7 Å². The highest BCUT2D eigenvalue weighted by atomic mass is 32.2. The third-order valence-corrected chi connectivity index (χ3v) is 15.5. The second-order valence-electron chi connectivity index (χ2n) is 18.8. The van der Waals surface area contributed by atoms with Crippen molar-refractivity contribution in [1.82, 2.24) is 24.9 Å². The molecule has 2 aliphatic carbocycles. The minimum absolute atomic E-state index is 0.359. The van der Waals surface area contributed by atoms with Crippen LogP contribution in [0.3, 0.4) is 0 Å². The Morgan fingerprint density at radius 1 is 0.919 bits per heavy atom. The Kier molecular flexibility index (Phi) is 11.7. The third kappa shape index (κ3) is 8.84. The van der Waals surface area contributed by atoms with Gasteiger partial charge in [-0.2, -0.15) is 0 Å². The topological polar surface area (TPSA) is 97.6 Å². The minimum Gasteiger partial charge on any atom is -0.397 e. The highest BCUT2D eigenvalue weighted by Gasteiger charge is 2.50. The average molecular weight is 843 g/mol. The van der Waals surface area contributed by atoms with Crippen LogP contribution in [0.4, 0.5) is 5.69 Å². The normalized spacial score (nSPS) is 22.6. The summed E-state index contributed by atoms with van der Waals surface area (Å²) in [5.74, 6) is 0.809. The van der Waals surface area contributed by atoms with Crippen molar-refractivity contribution in [2.75, 3.05) is 24.5 Å². The molecule has 0 bridgehead atoms. The largest absolute Gasteiger partial charge is 0.397 e.